The van der Waals surface area contributed by atoms with Crippen LogP contribution in [-0.4, -0.2) is 15.0 Å². The molecule has 0 bridgehead atoms. The zero-order valence-electron chi connectivity index (χ0n) is 12.1. The second kappa shape index (κ2) is 5.78. The molecule has 0 saturated carbocycles. The second-order valence-electron chi connectivity index (χ2n) is 5.39. The van der Waals surface area contributed by atoms with Crippen molar-refractivity contribution in [3.8, 4) is 0 Å². The number of hydrogen-bond donors (Lipinski definition) is 0. The number of sulfonamides is 1. The third-order valence-electron chi connectivity index (χ3n) is 3.79. The van der Waals surface area contributed by atoms with Gasteiger partial charge in [0.2, 0.25) is 0 Å². The third kappa shape index (κ3) is 2.89. The summed E-state index contributed by atoms with van der Waals surface area (Å²) in [4.78, 5) is 0. The van der Waals surface area contributed by atoms with Gasteiger partial charge in [-0.2, -0.15) is 0 Å². The molecule has 0 aromatic heterocycles. The normalized spacial score (nSPS) is 17.9. The lowest BCUT2D eigenvalue weighted by Crippen LogP contribution is -2.27. The standard InChI is InChI=1S/C17H16ClNO2S/c1-13-12-19(17-5-3-2-4-16(13)17)22(20,21)11-10-14-6-8-15(18)9-7-14/h2-11,13H,12H2,1H3/b11-10+. The molecule has 5 heteroatoms. The minimum Gasteiger partial charge on any atom is -0.266 e. The summed E-state index contributed by atoms with van der Waals surface area (Å²) in [6.45, 7) is 2.52. The largest absolute Gasteiger partial charge is 0.266 e. The van der Waals surface area contributed by atoms with Crippen molar-refractivity contribution in [2.75, 3.05) is 10.8 Å². The van der Waals surface area contributed by atoms with E-state index in [1.807, 2.05) is 31.2 Å². The first-order valence-corrected chi connectivity index (χ1v) is 8.91. The first kappa shape index (κ1) is 15.1. The predicted molar refractivity (Wildman–Crippen MR) is 91.6 cm³/mol. The van der Waals surface area contributed by atoms with E-state index < -0.39 is 10.0 Å². The van der Waals surface area contributed by atoms with Crippen molar-refractivity contribution < 1.29 is 8.42 Å². The summed E-state index contributed by atoms with van der Waals surface area (Å²) >= 11 is 5.83. The van der Waals surface area contributed by atoms with Gasteiger partial charge in [-0.3, -0.25) is 4.31 Å². The van der Waals surface area contributed by atoms with Gasteiger partial charge in [-0.1, -0.05) is 48.9 Å². The highest BCUT2D eigenvalue weighted by Gasteiger charge is 2.31. The average molecular weight is 334 g/mol. The zero-order chi connectivity index (χ0) is 15.7. The fourth-order valence-electron chi connectivity index (χ4n) is 2.63. The van der Waals surface area contributed by atoms with E-state index in [9.17, 15) is 8.42 Å². The van der Waals surface area contributed by atoms with Crippen LogP contribution in [0.3, 0.4) is 0 Å². The molecule has 0 saturated heterocycles. The number of halogens is 1. The van der Waals surface area contributed by atoms with E-state index in [0.717, 1.165) is 16.8 Å². The summed E-state index contributed by atoms with van der Waals surface area (Å²) < 4.78 is 26.7. The van der Waals surface area contributed by atoms with Crippen LogP contribution in [0.25, 0.3) is 6.08 Å². The third-order valence-corrected chi connectivity index (χ3v) is 5.48. The average Bonchev–Trinajstić information content (AvgIpc) is 2.85. The molecule has 1 heterocycles. The first-order chi connectivity index (χ1) is 10.5. The van der Waals surface area contributed by atoms with E-state index in [0.29, 0.717) is 11.6 Å². The minimum atomic E-state index is -3.49. The van der Waals surface area contributed by atoms with Crippen molar-refractivity contribution >= 4 is 33.4 Å². The lowest BCUT2D eigenvalue weighted by Gasteiger charge is -2.17. The van der Waals surface area contributed by atoms with Crippen molar-refractivity contribution in [2.45, 2.75) is 12.8 Å². The molecule has 22 heavy (non-hydrogen) atoms. The molecule has 0 amide bonds. The van der Waals surface area contributed by atoms with Gasteiger partial charge in [-0.15, -0.1) is 0 Å². The Morgan fingerprint density at radius 1 is 1.14 bits per heavy atom. The summed E-state index contributed by atoms with van der Waals surface area (Å²) in [5.74, 6) is 0.204. The maximum Gasteiger partial charge on any atom is 0.257 e. The Morgan fingerprint density at radius 3 is 2.55 bits per heavy atom. The Bertz CT molecular complexity index is 813. The highest BCUT2D eigenvalue weighted by atomic mass is 35.5. The molecule has 0 N–H and O–H groups in total. The molecule has 2 aromatic rings. The number of hydrogen-bond acceptors (Lipinski definition) is 2. The maximum absolute atomic E-state index is 12.6. The summed E-state index contributed by atoms with van der Waals surface area (Å²) in [7, 11) is -3.49. The monoisotopic (exact) mass is 333 g/mol. The number of anilines is 1. The maximum atomic E-state index is 12.6. The first-order valence-electron chi connectivity index (χ1n) is 7.03. The molecule has 1 aliphatic heterocycles. The highest BCUT2D eigenvalue weighted by Crippen LogP contribution is 2.37. The van der Waals surface area contributed by atoms with Crippen molar-refractivity contribution in [1.29, 1.82) is 0 Å². The second-order valence-corrected chi connectivity index (χ2v) is 7.57. The highest BCUT2D eigenvalue weighted by molar-refractivity contribution is 7.95. The van der Waals surface area contributed by atoms with Crippen LogP contribution in [0.2, 0.25) is 5.02 Å². The number of benzene rings is 2. The Balaban J connectivity index is 1.90. The van der Waals surface area contributed by atoms with E-state index >= 15 is 0 Å². The fraction of sp³-hybridized carbons (Fsp3) is 0.176. The van der Waals surface area contributed by atoms with Gasteiger partial charge in [0.15, 0.2) is 0 Å². The number of nitrogens with zero attached hydrogens (tertiary/aromatic N) is 1. The Hall–Kier alpha value is -1.78. The van der Waals surface area contributed by atoms with E-state index in [4.69, 9.17) is 11.6 Å². The van der Waals surface area contributed by atoms with Gasteiger partial charge >= 0.3 is 0 Å². The van der Waals surface area contributed by atoms with E-state index in [2.05, 4.69) is 0 Å². The molecule has 114 valence electrons. The lowest BCUT2D eigenvalue weighted by atomic mass is 10.0. The summed E-state index contributed by atoms with van der Waals surface area (Å²) in [6, 6.07) is 14.7. The van der Waals surface area contributed by atoms with Crippen LogP contribution in [0.4, 0.5) is 5.69 Å². The zero-order valence-corrected chi connectivity index (χ0v) is 13.7. The van der Waals surface area contributed by atoms with Gasteiger partial charge in [0.05, 0.1) is 11.1 Å². The minimum absolute atomic E-state index is 0.204. The molecule has 2 aromatic carbocycles. The molecule has 1 unspecified atom stereocenters. The number of rotatable bonds is 3. The fourth-order valence-corrected chi connectivity index (χ4v) is 4.10. The van der Waals surface area contributed by atoms with Gasteiger partial charge in [-0.05, 0) is 35.4 Å². The van der Waals surface area contributed by atoms with Crippen LogP contribution in [0, 0.1) is 0 Å². The van der Waals surface area contributed by atoms with Crippen molar-refractivity contribution in [2.24, 2.45) is 0 Å². The van der Waals surface area contributed by atoms with Crippen LogP contribution in [0.5, 0.6) is 0 Å². The topological polar surface area (TPSA) is 37.4 Å². The molecular formula is C17H16ClNO2S. The van der Waals surface area contributed by atoms with Gasteiger partial charge in [0.25, 0.3) is 10.0 Å². The Labute approximate surface area is 135 Å². The van der Waals surface area contributed by atoms with Crippen molar-refractivity contribution in [3.05, 3.63) is 70.1 Å². The molecule has 1 atom stereocenters. The van der Waals surface area contributed by atoms with E-state index in [1.54, 1.807) is 30.3 Å². The Kier molecular flexibility index (Phi) is 3.98. The van der Waals surface area contributed by atoms with E-state index in [-0.39, 0.29) is 5.92 Å². The molecular weight excluding hydrogens is 318 g/mol. The van der Waals surface area contributed by atoms with Crippen LogP contribution in [-0.2, 0) is 10.0 Å². The molecule has 3 rings (SSSR count). The summed E-state index contributed by atoms with van der Waals surface area (Å²) in [6.07, 6.45) is 1.59. The van der Waals surface area contributed by atoms with E-state index in [1.165, 1.54) is 9.71 Å². The SMILES string of the molecule is CC1CN(S(=O)(=O)/C=C/c2ccc(Cl)cc2)c2ccccc21. The summed E-state index contributed by atoms with van der Waals surface area (Å²) in [5.41, 5.74) is 2.65. The molecule has 0 radical (unpaired) electrons. The molecule has 0 aliphatic carbocycles. The quantitative estimate of drug-likeness (QED) is 0.841. The number of fused-ring (bicyclic) bond motifs is 1. The van der Waals surface area contributed by atoms with Gasteiger partial charge < -0.3 is 0 Å². The number of para-hydroxylation sites is 1. The summed E-state index contributed by atoms with van der Waals surface area (Å²) in [5, 5.41) is 1.88. The van der Waals surface area contributed by atoms with Gasteiger partial charge in [0, 0.05) is 17.5 Å². The van der Waals surface area contributed by atoms with Crippen molar-refractivity contribution in [3.63, 3.8) is 0 Å². The smallest absolute Gasteiger partial charge is 0.257 e. The Morgan fingerprint density at radius 2 is 1.82 bits per heavy atom. The predicted octanol–water partition coefficient (Wildman–Crippen LogP) is 4.26. The van der Waals surface area contributed by atoms with Gasteiger partial charge in [-0.25, -0.2) is 8.42 Å². The molecule has 0 spiro atoms. The van der Waals surface area contributed by atoms with Crippen LogP contribution < -0.4 is 4.31 Å². The van der Waals surface area contributed by atoms with Gasteiger partial charge in [0.1, 0.15) is 0 Å². The van der Waals surface area contributed by atoms with Crippen molar-refractivity contribution in [1.82, 2.24) is 0 Å². The van der Waals surface area contributed by atoms with Crippen LogP contribution in [0.1, 0.15) is 24.0 Å². The molecule has 3 nitrogen and oxygen atoms in total. The molecule has 1 aliphatic rings. The lowest BCUT2D eigenvalue weighted by molar-refractivity contribution is 0.599. The van der Waals surface area contributed by atoms with Crippen LogP contribution >= 0.6 is 11.6 Å². The van der Waals surface area contributed by atoms with Crippen LogP contribution in [0.15, 0.2) is 53.9 Å². The molecule has 0 fully saturated rings.